The molecule has 2 amide bonds. The van der Waals surface area contributed by atoms with Crippen LogP contribution in [0, 0.1) is 6.92 Å². The normalized spacial score (nSPS) is 17.8. The second-order valence-corrected chi connectivity index (χ2v) is 10.6. The minimum atomic E-state index is -0.687. The lowest BCUT2D eigenvalue weighted by atomic mass is 9.94. The first kappa shape index (κ1) is 27.7. The lowest BCUT2D eigenvalue weighted by Crippen LogP contribution is -2.42. The van der Waals surface area contributed by atoms with Crippen molar-refractivity contribution in [3.8, 4) is 5.75 Å². The van der Waals surface area contributed by atoms with E-state index < -0.39 is 6.10 Å². The highest BCUT2D eigenvalue weighted by Crippen LogP contribution is 2.30. The summed E-state index contributed by atoms with van der Waals surface area (Å²) in [5.74, 6) is 1.38. The molecule has 40 heavy (non-hydrogen) atoms. The molecule has 0 saturated carbocycles. The molecule has 2 aliphatic rings. The molecule has 2 atom stereocenters. The van der Waals surface area contributed by atoms with E-state index in [0.717, 1.165) is 49.5 Å². The maximum atomic E-state index is 12.8. The van der Waals surface area contributed by atoms with Crippen LogP contribution >= 0.6 is 0 Å². The van der Waals surface area contributed by atoms with Crippen molar-refractivity contribution in [1.29, 1.82) is 0 Å². The van der Waals surface area contributed by atoms with Gasteiger partial charge in [0.2, 0.25) is 5.91 Å². The number of carbonyl (C=O) groups excluding carboxylic acids is 2. The van der Waals surface area contributed by atoms with Crippen molar-refractivity contribution in [1.82, 2.24) is 20.1 Å². The fourth-order valence-electron chi connectivity index (χ4n) is 5.48. The SMILES string of the molecule is CC(=O)N1CCC(Nc2cccc(C(=O)NC[C@H](O)CN3CCc4c(ccc(OCc5cnco5)c4C)C3)c2)C1. The molecular weight excluding hydrogens is 510 g/mol. The van der Waals surface area contributed by atoms with Gasteiger partial charge in [0, 0.05) is 63.5 Å². The van der Waals surface area contributed by atoms with Crippen molar-refractivity contribution >= 4 is 17.5 Å². The number of hydrogen-bond donors (Lipinski definition) is 3. The van der Waals surface area contributed by atoms with E-state index >= 15 is 0 Å². The number of rotatable bonds is 10. The van der Waals surface area contributed by atoms with Crippen molar-refractivity contribution in [2.24, 2.45) is 0 Å². The number of fused-ring (bicyclic) bond motifs is 1. The van der Waals surface area contributed by atoms with Crippen LogP contribution in [0.1, 0.15) is 46.2 Å². The predicted octanol–water partition coefficient (Wildman–Crippen LogP) is 2.74. The summed E-state index contributed by atoms with van der Waals surface area (Å²) in [6.07, 6.45) is 4.10. The number of aliphatic hydroxyl groups is 1. The van der Waals surface area contributed by atoms with E-state index in [0.29, 0.717) is 31.0 Å². The monoisotopic (exact) mass is 547 g/mol. The number of nitrogens with one attached hydrogen (secondary N) is 2. The number of anilines is 1. The Hall–Kier alpha value is -3.89. The van der Waals surface area contributed by atoms with Crippen LogP contribution in [-0.2, 0) is 24.4 Å². The second kappa shape index (κ2) is 12.5. The highest BCUT2D eigenvalue weighted by molar-refractivity contribution is 5.95. The highest BCUT2D eigenvalue weighted by Gasteiger charge is 2.24. The van der Waals surface area contributed by atoms with E-state index in [-0.39, 0.29) is 24.4 Å². The topological polar surface area (TPSA) is 120 Å². The van der Waals surface area contributed by atoms with Crippen LogP contribution in [0.3, 0.4) is 0 Å². The van der Waals surface area contributed by atoms with E-state index in [1.165, 1.54) is 17.5 Å². The Morgan fingerprint density at radius 3 is 2.90 bits per heavy atom. The highest BCUT2D eigenvalue weighted by atomic mass is 16.5. The molecule has 3 aromatic rings. The maximum absolute atomic E-state index is 12.8. The number of carbonyl (C=O) groups is 2. The number of hydrogen-bond acceptors (Lipinski definition) is 8. The average molecular weight is 548 g/mol. The number of likely N-dealkylation sites (tertiary alicyclic amines) is 1. The van der Waals surface area contributed by atoms with Crippen molar-refractivity contribution in [2.45, 2.75) is 52.0 Å². The number of aliphatic hydroxyl groups excluding tert-OH is 1. The average Bonchev–Trinajstić information content (AvgIpc) is 3.64. The molecule has 2 aliphatic heterocycles. The van der Waals surface area contributed by atoms with E-state index in [1.54, 1.807) is 19.2 Å². The van der Waals surface area contributed by atoms with Crippen LogP contribution in [0.5, 0.6) is 5.75 Å². The number of amides is 2. The van der Waals surface area contributed by atoms with Gasteiger partial charge in [0.1, 0.15) is 12.4 Å². The minimum absolute atomic E-state index is 0.0822. The third-order valence-electron chi connectivity index (χ3n) is 7.67. The third kappa shape index (κ3) is 6.81. The first-order valence-electron chi connectivity index (χ1n) is 13.8. The van der Waals surface area contributed by atoms with Crippen LogP contribution in [-0.4, -0.2) is 76.6 Å². The van der Waals surface area contributed by atoms with Crippen LogP contribution in [0.25, 0.3) is 0 Å². The number of ether oxygens (including phenoxy) is 1. The third-order valence-corrected chi connectivity index (χ3v) is 7.67. The van der Waals surface area contributed by atoms with E-state index in [1.807, 2.05) is 29.2 Å². The van der Waals surface area contributed by atoms with E-state index in [2.05, 4.69) is 33.5 Å². The van der Waals surface area contributed by atoms with Crippen LogP contribution < -0.4 is 15.4 Å². The Morgan fingerprint density at radius 2 is 2.12 bits per heavy atom. The molecule has 3 heterocycles. The summed E-state index contributed by atoms with van der Waals surface area (Å²) in [5, 5.41) is 17.0. The van der Waals surface area contributed by atoms with E-state index in [4.69, 9.17) is 9.15 Å². The molecule has 1 aromatic heterocycles. The predicted molar refractivity (Wildman–Crippen MR) is 150 cm³/mol. The van der Waals surface area contributed by atoms with Crippen molar-refractivity contribution in [2.75, 3.05) is 38.0 Å². The molecular formula is C30H37N5O5. The molecule has 0 bridgehead atoms. The molecule has 2 aromatic carbocycles. The lowest BCUT2D eigenvalue weighted by Gasteiger charge is -2.31. The minimum Gasteiger partial charge on any atom is -0.485 e. The Balaban J connectivity index is 1.08. The largest absolute Gasteiger partial charge is 0.485 e. The van der Waals surface area contributed by atoms with Gasteiger partial charge in [-0.05, 0) is 60.7 Å². The van der Waals surface area contributed by atoms with Gasteiger partial charge in [0.15, 0.2) is 12.2 Å². The Morgan fingerprint density at radius 1 is 1.25 bits per heavy atom. The van der Waals surface area contributed by atoms with Gasteiger partial charge in [0.05, 0.1) is 12.3 Å². The molecule has 5 rings (SSSR count). The van der Waals surface area contributed by atoms with Crippen LogP contribution in [0.15, 0.2) is 53.4 Å². The summed E-state index contributed by atoms with van der Waals surface area (Å²) >= 11 is 0. The maximum Gasteiger partial charge on any atom is 0.251 e. The van der Waals surface area contributed by atoms with Gasteiger partial charge in [-0.1, -0.05) is 12.1 Å². The number of nitrogens with zero attached hydrogens (tertiary/aromatic N) is 3. The Labute approximate surface area is 234 Å². The second-order valence-electron chi connectivity index (χ2n) is 10.6. The molecule has 10 nitrogen and oxygen atoms in total. The lowest BCUT2D eigenvalue weighted by molar-refractivity contribution is -0.127. The quantitative estimate of drug-likeness (QED) is 0.355. The molecule has 1 fully saturated rings. The summed E-state index contributed by atoms with van der Waals surface area (Å²) in [5.41, 5.74) is 5.02. The molecule has 0 radical (unpaired) electrons. The van der Waals surface area contributed by atoms with Gasteiger partial charge in [-0.15, -0.1) is 0 Å². The van der Waals surface area contributed by atoms with Gasteiger partial charge in [0.25, 0.3) is 5.91 Å². The van der Waals surface area contributed by atoms with Gasteiger partial charge >= 0.3 is 0 Å². The summed E-state index contributed by atoms with van der Waals surface area (Å²) in [4.78, 5) is 32.3. The van der Waals surface area contributed by atoms with Crippen molar-refractivity contribution in [3.63, 3.8) is 0 Å². The van der Waals surface area contributed by atoms with Gasteiger partial charge in [-0.3, -0.25) is 14.5 Å². The first-order valence-corrected chi connectivity index (χ1v) is 13.8. The molecule has 0 aliphatic carbocycles. The summed E-state index contributed by atoms with van der Waals surface area (Å²) in [7, 11) is 0. The van der Waals surface area contributed by atoms with Gasteiger partial charge in [-0.2, -0.15) is 0 Å². The van der Waals surface area contributed by atoms with Crippen molar-refractivity contribution in [3.05, 3.63) is 77.0 Å². The number of β-amino-alcohol motifs (C(OH)–C–C–N with tert-alkyl or cyclic N) is 1. The van der Waals surface area contributed by atoms with Gasteiger partial charge in [-0.25, -0.2) is 4.98 Å². The van der Waals surface area contributed by atoms with Crippen LogP contribution in [0.2, 0.25) is 0 Å². The standard InChI is InChI=1S/C30H37N5O5/c1-20-28-9-10-34(15-23(28)6-7-29(20)39-18-27-14-31-19-40-27)17-26(37)13-32-30(38)22-4-3-5-24(12-22)33-25-8-11-35(16-25)21(2)36/h3-7,12,14,19,25-26,33,37H,8-11,13,15-18H2,1-2H3,(H,32,38)/t25?,26-/m0/s1. The fraction of sp³-hybridized carbons (Fsp3) is 0.433. The molecule has 1 unspecified atom stereocenters. The number of benzene rings is 2. The number of aromatic nitrogens is 1. The van der Waals surface area contributed by atoms with E-state index in [9.17, 15) is 14.7 Å². The summed E-state index contributed by atoms with van der Waals surface area (Å²) in [6, 6.07) is 11.6. The van der Waals surface area contributed by atoms with Crippen LogP contribution in [0.4, 0.5) is 5.69 Å². The molecule has 1 saturated heterocycles. The molecule has 10 heteroatoms. The molecule has 3 N–H and O–H groups in total. The Kier molecular flexibility index (Phi) is 8.66. The Bertz CT molecular complexity index is 1330. The summed E-state index contributed by atoms with van der Waals surface area (Å²) in [6.45, 7) is 7.60. The number of oxazole rings is 1. The first-order chi connectivity index (χ1) is 19.4. The summed E-state index contributed by atoms with van der Waals surface area (Å²) < 4.78 is 11.2. The zero-order valence-electron chi connectivity index (χ0n) is 23.1. The molecule has 212 valence electrons. The van der Waals surface area contributed by atoms with Crippen molar-refractivity contribution < 1.29 is 23.8 Å². The van der Waals surface area contributed by atoms with Gasteiger partial charge < -0.3 is 29.8 Å². The zero-order chi connectivity index (χ0) is 28.1. The smallest absolute Gasteiger partial charge is 0.251 e. The fourth-order valence-corrected chi connectivity index (χ4v) is 5.48. The zero-order valence-corrected chi connectivity index (χ0v) is 23.1. The molecule has 0 spiro atoms.